The van der Waals surface area contributed by atoms with Crippen LogP contribution in [0, 0.1) is 11.6 Å². The summed E-state index contributed by atoms with van der Waals surface area (Å²) in [6.45, 7) is 0.922. The number of likely N-dealkylation sites (tertiary alicyclic amines) is 1. The number of thiophene rings is 1. The van der Waals surface area contributed by atoms with Crippen molar-refractivity contribution in [1.82, 2.24) is 9.47 Å². The topological polar surface area (TPSA) is 80.4 Å². The average molecular weight is 481 g/mol. The number of pyridine rings is 1. The van der Waals surface area contributed by atoms with Crippen LogP contribution in [-0.2, 0) is 0 Å². The number of aromatic nitrogens is 1. The van der Waals surface area contributed by atoms with E-state index in [1.807, 2.05) is 18.2 Å². The van der Waals surface area contributed by atoms with Crippen molar-refractivity contribution >= 4 is 38.8 Å². The molecule has 3 N–H and O–H groups in total. The maximum atomic E-state index is 14.5. The van der Waals surface area contributed by atoms with Crippen LogP contribution in [0.1, 0.15) is 22.5 Å². The highest BCUT2D eigenvalue weighted by Crippen LogP contribution is 2.40. The number of hydrogen-bond acceptors (Lipinski definition) is 5. The van der Waals surface area contributed by atoms with Crippen LogP contribution in [0.5, 0.6) is 0 Å². The Bertz CT molecular complexity index is 1430. The molecular formula is C25H22F2N4O2S. The van der Waals surface area contributed by atoms with Crippen molar-refractivity contribution in [2.45, 2.75) is 18.9 Å². The summed E-state index contributed by atoms with van der Waals surface area (Å²) in [7, 11) is 0. The van der Waals surface area contributed by atoms with Crippen LogP contribution in [0.3, 0.4) is 0 Å². The second kappa shape index (κ2) is 9.00. The van der Waals surface area contributed by atoms with Gasteiger partial charge in [-0.1, -0.05) is 18.2 Å². The number of amides is 1. The largest absolute Gasteiger partial charge is 0.351 e. The summed E-state index contributed by atoms with van der Waals surface area (Å²) in [6, 6.07) is 15.3. The van der Waals surface area contributed by atoms with Crippen molar-refractivity contribution in [2.75, 3.05) is 18.4 Å². The van der Waals surface area contributed by atoms with Gasteiger partial charge in [0, 0.05) is 36.7 Å². The van der Waals surface area contributed by atoms with E-state index in [9.17, 15) is 18.4 Å². The Labute approximate surface area is 198 Å². The van der Waals surface area contributed by atoms with Gasteiger partial charge in [-0.3, -0.25) is 14.2 Å². The minimum Gasteiger partial charge on any atom is -0.351 e. The van der Waals surface area contributed by atoms with Gasteiger partial charge in [0.25, 0.3) is 11.5 Å². The number of halogens is 2. The van der Waals surface area contributed by atoms with Gasteiger partial charge in [0.05, 0.1) is 17.1 Å². The fraction of sp³-hybridized carbons (Fsp3) is 0.200. The fourth-order valence-corrected chi connectivity index (χ4v) is 5.61. The molecule has 0 unspecified atom stereocenters. The van der Waals surface area contributed by atoms with Gasteiger partial charge in [-0.25, -0.2) is 8.78 Å². The predicted molar refractivity (Wildman–Crippen MR) is 130 cm³/mol. The monoisotopic (exact) mass is 480 g/mol. The smallest absolute Gasteiger partial charge is 0.266 e. The molecule has 34 heavy (non-hydrogen) atoms. The summed E-state index contributed by atoms with van der Waals surface area (Å²) >= 11 is 1.17. The molecule has 9 heteroatoms. The highest BCUT2D eigenvalue weighted by atomic mass is 32.1. The molecule has 2 aromatic carbocycles. The third-order valence-corrected chi connectivity index (χ3v) is 7.23. The van der Waals surface area contributed by atoms with E-state index < -0.39 is 11.6 Å². The zero-order valence-corrected chi connectivity index (χ0v) is 18.9. The SMILES string of the molecule is NC[C@H]1CCCN1C(=O)c1sc2c(ccc(=O)n2-c2ccccc2)c1Nc1ccc(F)cc1F. The number of benzene rings is 2. The highest BCUT2D eigenvalue weighted by molar-refractivity contribution is 7.21. The molecule has 0 spiro atoms. The number of para-hydroxylation sites is 1. The standard InChI is InChI=1S/C25H22F2N4O2S/c26-15-8-10-20(19(27)13-15)29-22-18-9-11-21(32)31(16-5-2-1-3-6-16)25(18)34-23(22)24(33)30-12-4-7-17(30)14-28/h1-3,5-6,8-11,13,17,29H,4,7,12,14,28H2/t17-/m1/s1. The number of nitrogens with two attached hydrogens (primary N) is 1. The maximum Gasteiger partial charge on any atom is 0.266 e. The molecule has 1 saturated heterocycles. The van der Waals surface area contributed by atoms with Crippen LogP contribution in [0.4, 0.5) is 20.2 Å². The molecule has 5 rings (SSSR count). The minimum atomic E-state index is -0.782. The van der Waals surface area contributed by atoms with Gasteiger partial charge in [-0.2, -0.15) is 0 Å². The summed E-state index contributed by atoms with van der Waals surface area (Å²) in [5, 5.41) is 3.59. The Morgan fingerprint density at radius 1 is 1.12 bits per heavy atom. The minimum absolute atomic E-state index is 0.0319. The molecular weight excluding hydrogens is 458 g/mol. The van der Waals surface area contributed by atoms with Gasteiger partial charge in [0.1, 0.15) is 21.3 Å². The molecule has 0 aliphatic carbocycles. The van der Waals surface area contributed by atoms with Crippen LogP contribution >= 0.6 is 11.3 Å². The molecule has 1 aliphatic heterocycles. The van der Waals surface area contributed by atoms with Crippen LogP contribution in [0.25, 0.3) is 15.9 Å². The molecule has 1 atom stereocenters. The summed E-state index contributed by atoms with van der Waals surface area (Å²) in [4.78, 5) is 29.2. The first-order valence-corrected chi connectivity index (χ1v) is 11.8. The Kier molecular flexibility index (Phi) is 5.89. The molecule has 174 valence electrons. The van der Waals surface area contributed by atoms with Gasteiger partial charge in [0.2, 0.25) is 0 Å². The van der Waals surface area contributed by atoms with Crippen LogP contribution in [-0.4, -0.2) is 34.5 Å². The van der Waals surface area contributed by atoms with Crippen LogP contribution in [0.2, 0.25) is 0 Å². The lowest BCUT2D eigenvalue weighted by Gasteiger charge is -2.23. The number of anilines is 2. The number of rotatable bonds is 5. The van der Waals surface area contributed by atoms with Crippen molar-refractivity contribution in [3.05, 3.63) is 87.5 Å². The summed E-state index contributed by atoms with van der Waals surface area (Å²) in [6.07, 6.45) is 1.67. The highest BCUT2D eigenvalue weighted by Gasteiger charge is 2.32. The lowest BCUT2D eigenvalue weighted by molar-refractivity contribution is 0.0747. The van der Waals surface area contributed by atoms with Crippen LogP contribution in [0.15, 0.2) is 65.5 Å². The van der Waals surface area contributed by atoms with E-state index in [0.717, 1.165) is 25.0 Å². The summed E-state index contributed by atoms with van der Waals surface area (Å²) < 4.78 is 29.6. The fourth-order valence-electron chi connectivity index (χ4n) is 4.38. The molecule has 1 fully saturated rings. The van der Waals surface area contributed by atoms with E-state index in [1.54, 1.807) is 23.1 Å². The van der Waals surface area contributed by atoms with Crippen molar-refractivity contribution in [3.63, 3.8) is 0 Å². The molecule has 1 aliphatic rings. The van der Waals surface area contributed by atoms with Crippen molar-refractivity contribution in [3.8, 4) is 5.69 Å². The Hall–Kier alpha value is -3.56. The maximum absolute atomic E-state index is 14.5. The second-order valence-electron chi connectivity index (χ2n) is 8.15. The van der Waals surface area contributed by atoms with Gasteiger partial charge in [-0.15, -0.1) is 11.3 Å². The third kappa shape index (κ3) is 3.86. The molecule has 2 aromatic heterocycles. The zero-order valence-electron chi connectivity index (χ0n) is 18.1. The number of carbonyl (C=O) groups is 1. The van der Waals surface area contributed by atoms with E-state index in [0.29, 0.717) is 39.6 Å². The van der Waals surface area contributed by atoms with Crippen molar-refractivity contribution in [1.29, 1.82) is 0 Å². The molecule has 1 amide bonds. The molecule has 4 aromatic rings. The first-order valence-electron chi connectivity index (χ1n) is 10.9. The second-order valence-corrected chi connectivity index (χ2v) is 9.15. The molecule has 0 saturated carbocycles. The Morgan fingerprint density at radius 2 is 1.91 bits per heavy atom. The van der Waals surface area contributed by atoms with E-state index in [2.05, 4.69) is 5.32 Å². The quantitative estimate of drug-likeness (QED) is 0.436. The molecule has 0 radical (unpaired) electrons. The van der Waals surface area contributed by atoms with Crippen LogP contribution < -0.4 is 16.6 Å². The van der Waals surface area contributed by atoms with E-state index in [1.165, 1.54) is 28.0 Å². The van der Waals surface area contributed by atoms with E-state index in [4.69, 9.17) is 5.73 Å². The molecule has 3 heterocycles. The number of fused-ring (bicyclic) bond motifs is 1. The Morgan fingerprint density at radius 3 is 2.65 bits per heavy atom. The zero-order chi connectivity index (χ0) is 23.8. The first-order chi connectivity index (χ1) is 16.5. The lowest BCUT2D eigenvalue weighted by Crippen LogP contribution is -2.39. The van der Waals surface area contributed by atoms with Crippen molar-refractivity contribution < 1.29 is 13.6 Å². The number of nitrogens with zero attached hydrogens (tertiary/aromatic N) is 2. The average Bonchev–Trinajstić information content (AvgIpc) is 3.46. The normalized spacial score (nSPS) is 15.7. The number of nitrogens with one attached hydrogen (secondary N) is 1. The first kappa shape index (κ1) is 22.2. The summed E-state index contributed by atoms with van der Waals surface area (Å²) in [5.41, 5.74) is 6.70. The number of carbonyl (C=O) groups excluding carboxylic acids is 1. The van der Waals surface area contributed by atoms with Crippen molar-refractivity contribution in [2.24, 2.45) is 5.73 Å². The van der Waals surface area contributed by atoms with E-state index >= 15 is 0 Å². The third-order valence-electron chi connectivity index (χ3n) is 6.05. The van der Waals surface area contributed by atoms with Gasteiger partial charge in [-0.05, 0) is 43.2 Å². The summed E-state index contributed by atoms with van der Waals surface area (Å²) in [5.74, 6) is -1.71. The lowest BCUT2D eigenvalue weighted by atomic mass is 10.2. The Balaban J connectivity index is 1.72. The van der Waals surface area contributed by atoms with Gasteiger partial charge in [0.15, 0.2) is 0 Å². The molecule has 6 nitrogen and oxygen atoms in total. The van der Waals surface area contributed by atoms with E-state index in [-0.39, 0.29) is 23.2 Å². The predicted octanol–water partition coefficient (Wildman–Crippen LogP) is 4.64. The number of hydrogen-bond donors (Lipinski definition) is 2. The van der Waals surface area contributed by atoms with Gasteiger partial charge < -0.3 is 16.0 Å². The van der Waals surface area contributed by atoms with Gasteiger partial charge >= 0.3 is 0 Å². The molecule has 0 bridgehead atoms.